The minimum Gasteiger partial charge on any atom is -0.494 e. The van der Waals surface area contributed by atoms with E-state index in [1.807, 2.05) is 62.4 Å². The minimum atomic E-state index is -0.0103. The summed E-state index contributed by atoms with van der Waals surface area (Å²) in [7, 11) is 0. The Morgan fingerprint density at radius 3 is 2.62 bits per heavy atom. The van der Waals surface area contributed by atoms with Crippen molar-refractivity contribution in [3.05, 3.63) is 65.4 Å². The quantitative estimate of drug-likeness (QED) is 0.746. The number of carbonyl (C=O) groups excluding carboxylic acids is 1. The monoisotopic (exact) mass is 323 g/mol. The van der Waals surface area contributed by atoms with E-state index in [1.165, 1.54) is 0 Å². The summed E-state index contributed by atoms with van der Waals surface area (Å²) in [6.07, 6.45) is 0.348. The van der Waals surface area contributed by atoms with Crippen LogP contribution in [-0.4, -0.2) is 12.5 Å². The van der Waals surface area contributed by atoms with Crippen LogP contribution in [0.5, 0.6) is 5.75 Å². The Balaban J connectivity index is 1.61. The number of hydrogen-bond donors (Lipinski definition) is 1. The van der Waals surface area contributed by atoms with Gasteiger partial charge in [0.25, 0.3) is 0 Å². The Labute approximate surface area is 141 Å². The first-order valence-electron chi connectivity index (χ1n) is 8.13. The van der Waals surface area contributed by atoms with Gasteiger partial charge < -0.3 is 14.5 Å². The van der Waals surface area contributed by atoms with Gasteiger partial charge >= 0.3 is 0 Å². The lowest BCUT2D eigenvalue weighted by Crippen LogP contribution is -2.24. The second-order valence-electron chi connectivity index (χ2n) is 5.66. The standard InChI is InChI=1S/C20H21NO3/c1-3-23-16-10-8-15(9-11-16)12-20(22)21-13-18-14(2)24-19-7-5-4-6-17(18)19/h4-11H,3,12-13H2,1-2H3,(H,21,22). The molecule has 1 amide bonds. The van der Waals surface area contributed by atoms with Crippen LogP contribution in [0.25, 0.3) is 11.0 Å². The molecule has 0 aliphatic carbocycles. The molecule has 0 saturated carbocycles. The van der Waals surface area contributed by atoms with Crippen LogP contribution in [0.2, 0.25) is 0 Å². The number of ether oxygens (including phenoxy) is 1. The van der Waals surface area contributed by atoms with Gasteiger partial charge in [-0.25, -0.2) is 0 Å². The number of furan rings is 1. The van der Waals surface area contributed by atoms with E-state index >= 15 is 0 Å². The van der Waals surface area contributed by atoms with Crippen LogP contribution in [-0.2, 0) is 17.8 Å². The highest BCUT2D eigenvalue weighted by Crippen LogP contribution is 2.24. The number of nitrogens with one attached hydrogen (secondary N) is 1. The minimum absolute atomic E-state index is 0.0103. The number of carbonyl (C=O) groups is 1. The van der Waals surface area contributed by atoms with Gasteiger partial charge in [-0.3, -0.25) is 4.79 Å². The average molecular weight is 323 g/mol. The number of para-hydroxylation sites is 1. The molecule has 4 heteroatoms. The van der Waals surface area contributed by atoms with Crippen LogP contribution in [0.1, 0.15) is 23.8 Å². The van der Waals surface area contributed by atoms with Crippen LogP contribution < -0.4 is 10.1 Å². The van der Waals surface area contributed by atoms with Crippen LogP contribution >= 0.6 is 0 Å². The maximum absolute atomic E-state index is 12.2. The van der Waals surface area contributed by atoms with E-state index in [1.54, 1.807) is 0 Å². The first kappa shape index (κ1) is 16.1. The summed E-state index contributed by atoms with van der Waals surface area (Å²) in [5.74, 6) is 1.66. The summed E-state index contributed by atoms with van der Waals surface area (Å²) in [6, 6.07) is 15.5. The summed E-state index contributed by atoms with van der Waals surface area (Å²) in [4.78, 5) is 12.2. The maximum atomic E-state index is 12.2. The molecule has 1 heterocycles. The van der Waals surface area contributed by atoms with Gasteiger partial charge in [-0.05, 0) is 37.6 Å². The number of benzene rings is 2. The molecular formula is C20H21NO3. The summed E-state index contributed by atoms with van der Waals surface area (Å²) in [6.45, 7) is 4.98. The molecule has 0 radical (unpaired) electrons. The molecule has 3 rings (SSSR count). The lowest BCUT2D eigenvalue weighted by Gasteiger charge is -2.07. The van der Waals surface area contributed by atoms with Crippen molar-refractivity contribution in [2.45, 2.75) is 26.8 Å². The maximum Gasteiger partial charge on any atom is 0.224 e. The Morgan fingerprint density at radius 2 is 1.88 bits per heavy atom. The van der Waals surface area contributed by atoms with Crippen molar-refractivity contribution in [2.75, 3.05) is 6.61 Å². The summed E-state index contributed by atoms with van der Waals surface area (Å²) < 4.78 is 11.1. The predicted molar refractivity (Wildman–Crippen MR) is 94.1 cm³/mol. The molecule has 0 aliphatic rings. The second-order valence-corrected chi connectivity index (χ2v) is 5.66. The van der Waals surface area contributed by atoms with Gasteiger partial charge in [0.1, 0.15) is 17.1 Å². The van der Waals surface area contributed by atoms with Crippen molar-refractivity contribution in [3.63, 3.8) is 0 Å². The van der Waals surface area contributed by atoms with Crippen molar-refractivity contribution in [1.29, 1.82) is 0 Å². The van der Waals surface area contributed by atoms with Crippen molar-refractivity contribution < 1.29 is 13.9 Å². The van der Waals surface area contributed by atoms with Gasteiger partial charge in [0.2, 0.25) is 5.91 Å². The predicted octanol–water partition coefficient (Wildman–Crippen LogP) is 4.00. The van der Waals surface area contributed by atoms with Gasteiger partial charge in [0.05, 0.1) is 13.0 Å². The molecule has 4 nitrogen and oxygen atoms in total. The van der Waals surface area contributed by atoms with E-state index in [2.05, 4.69) is 5.32 Å². The van der Waals surface area contributed by atoms with E-state index in [9.17, 15) is 4.79 Å². The molecule has 24 heavy (non-hydrogen) atoms. The molecule has 0 spiro atoms. The molecule has 3 aromatic rings. The molecule has 1 aromatic heterocycles. The largest absolute Gasteiger partial charge is 0.494 e. The lowest BCUT2D eigenvalue weighted by atomic mass is 10.1. The van der Waals surface area contributed by atoms with Crippen molar-refractivity contribution >= 4 is 16.9 Å². The molecule has 0 bridgehead atoms. The fourth-order valence-electron chi connectivity index (χ4n) is 2.75. The molecule has 0 aliphatic heterocycles. The number of fused-ring (bicyclic) bond motifs is 1. The normalized spacial score (nSPS) is 10.8. The number of hydrogen-bond acceptors (Lipinski definition) is 3. The molecule has 124 valence electrons. The van der Waals surface area contributed by atoms with E-state index < -0.39 is 0 Å². The summed E-state index contributed by atoms with van der Waals surface area (Å²) in [5.41, 5.74) is 2.85. The third-order valence-corrected chi connectivity index (χ3v) is 3.96. The Kier molecular flexibility index (Phi) is 4.85. The first-order chi connectivity index (χ1) is 11.7. The highest BCUT2D eigenvalue weighted by molar-refractivity contribution is 5.83. The molecule has 0 atom stereocenters. The number of amides is 1. The average Bonchev–Trinajstić information content (AvgIpc) is 2.90. The number of aryl methyl sites for hydroxylation is 1. The zero-order valence-electron chi connectivity index (χ0n) is 14.0. The zero-order chi connectivity index (χ0) is 16.9. The molecule has 0 saturated heterocycles. The van der Waals surface area contributed by atoms with Gasteiger partial charge in [0.15, 0.2) is 0 Å². The lowest BCUT2D eigenvalue weighted by molar-refractivity contribution is -0.120. The first-order valence-corrected chi connectivity index (χ1v) is 8.13. The third-order valence-electron chi connectivity index (χ3n) is 3.96. The van der Waals surface area contributed by atoms with Gasteiger partial charge in [-0.15, -0.1) is 0 Å². The second kappa shape index (κ2) is 7.21. The van der Waals surface area contributed by atoms with E-state index in [0.717, 1.165) is 33.6 Å². The van der Waals surface area contributed by atoms with E-state index in [-0.39, 0.29) is 5.91 Å². The van der Waals surface area contributed by atoms with E-state index in [4.69, 9.17) is 9.15 Å². The van der Waals surface area contributed by atoms with Crippen LogP contribution in [0.15, 0.2) is 52.9 Å². The zero-order valence-corrected chi connectivity index (χ0v) is 14.0. The van der Waals surface area contributed by atoms with Gasteiger partial charge in [-0.1, -0.05) is 30.3 Å². The molecule has 0 unspecified atom stereocenters. The molecule has 2 aromatic carbocycles. The van der Waals surface area contributed by atoms with Crippen molar-refractivity contribution in [2.24, 2.45) is 0 Å². The highest BCUT2D eigenvalue weighted by atomic mass is 16.5. The Hall–Kier alpha value is -2.75. The summed E-state index contributed by atoms with van der Waals surface area (Å²) >= 11 is 0. The van der Waals surface area contributed by atoms with Crippen LogP contribution in [0.4, 0.5) is 0 Å². The topological polar surface area (TPSA) is 51.5 Å². The summed E-state index contributed by atoms with van der Waals surface area (Å²) in [5, 5.41) is 4.03. The fraction of sp³-hybridized carbons (Fsp3) is 0.250. The smallest absolute Gasteiger partial charge is 0.224 e. The third kappa shape index (κ3) is 3.59. The molecule has 0 fully saturated rings. The van der Waals surface area contributed by atoms with E-state index in [0.29, 0.717) is 19.6 Å². The Morgan fingerprint density at radius 1 is 1.12 bits per heavy atom. The van der Waals surface area contributed by atoms with Crippen LogP contribution in [0, 0.1) is 6.92 Å². The van der Waals surface area contributed by atoms with Crippen molar-refractivity contribution in [1.82, 2.24) is 5.32 Å². The molecule has 1 N–H and O–H groups in total. The highest BCUT2D eigenvalue weighted by Gasteiger charge is 2.11. The Bertz CT molecular complexity index is 834. The number of rotatable bonds is 6. The van der Waals surface area contributed by atoms with Crippen LogP contribution in [0.3, 0.4) is 0 Å². The molecular weight excluding hydrogens is 302 g/mol. The van der Waals surface area contributed by atoms with Crippen molar-refractivity contribution in [3.8, 4) is 5.75 Å². The SMILES string of the molecule is CCOc1ccc(CC(=O)NCc2c(C)oc3ccccc23)cc1. The van der Waals surface area contributed by atoms with Gasteiger partial charge in [0, 0.05) is 17.5 Å². The van der Waals surface area contributed by atoms with Gasteiger partial charge in [-0.2, -0.15) is 0 Å². The fourth-order valence-corrected chi connectivity index (χ4v) is 2.75.